The first-order valence-electron chi connectivity index (χ1n) is 8.54. The average Bonchev–Trinajstić information content (AvgIpc) is 2.67. The molecule has 2 heterocycles. The van der Waals surface area contributed by atoms with E-state index in [1.807, 2.05) is 0 Å². The number of carbonyl (C=O) groups is 1. The third-order valence-corrected chi connectivity index (χ3v) is 5.22. The van der Waals surface area contributed by atoms with Crippen molar-refractivity contribution >= 4 is 23.2 Å². The smallest absolute Gasteiger partial charge is 0.432 e. The lowest BCUT2D eigenvalue weighted by molar-refractivity contribution is -0.122. The van der Waals surface area contributed by atoms with E-state index in [0.717, 1.165) is 12.2 Å². The predicted octanol–water partition coefficient (Wildman–Crippen LogP) is 4.10. The second-order valence-electron chi connectivity index (χ2n) is 6.53. The first-order valence-corrected chi connectivity index (χ1v) is 8.92. The zero-order valence-electron chi connectivity index (χ0n) is 15.5. The van der Waals surface area contributed by atoms with Crippen LogP contribution < -0.4 is 10.5 Å². The Morgan fingerprint density at radius 3 is 2.52 bits per heavy atom. The summed E-state index contributed by atoms with van der Waals surface area (Å²) in [5, 5.41) is 0.359. The molecule has 3 rings (SSSR count). The summed E-state index contributed by atoms with van der Waals surface area (Å²) < 4.78 is 44.2. The van der Waals surface area contributed by atoms with E-state index >= 15 is 0 Å². The molecule has 0 spiro atoms. The van der Waals surface area contributed by atoms with Gasteiger partial charge in [0.25, 0.3) is 0 Å². The van der Waals surface area contributed by atoms with Crippen molar-refractivity contribution < 1.29 is 22.7 Å². The molecule has 0 saturated carbocycles. The first-order chi connectivity index (χ1) is 13.6. The van der Waals surface area contributed by atoms with Gasteiger partial charge < -0.3 is 10.5 Å². The number of aliphatic imine (C=N–C) groups is 1. The van der Waals surface area contributed by atoms with Crippen LogP contribution in [0.25, 0.3) is 11.3 Å². The van der Waals surface area contributed by atoms with E-state index in [-0.39, 0.29) is 0 Å². The van der Waals surface area contributed by atoms with Gasteiger partial charge in [0, 0.05) is 10.6 Å². The molecule has 0 aliphatic carbocycles. The first kappa shape index (κ1) is 20.9. The van der Waals surface area contributed by atoms with E-state index in [1.165, 1.54) is 20.2 Å². The molecule has 0 fully saturated rings. The number of carbonyl (C=O) groups excluding carboxylic acids is 1. The average molecular weight is 424 g/mol. The standard InChI is InChI=1S/C20H17ClF3N3O2/c1-11-19(18(25)28,8-7-17(27-11)20(22,23)24)12-3-5-15(21)14(9-12)16-6-4-13(29-2)10-26-16/h3-11H,1-2H3,(H2,25,28). The number of aromatic nitrogens is 1. The number of primary amides is 1. The number of methoxy groups -OCH3 is 1. The van der Waals surface area contributed by atoms with Gasteiger partial charge in [0.2, 0.25) is 5.91 Å². The summed E-state index contributed by atoms with van der Waals surface area (Å²) >= 11 is 6.31. The number of benzene rings is 1. The van der Waals surface area contributed by atoms with Crippen LogP contribution in [0, 0.1) is 0 Å². The highest BCUT2D eigenvalue weighted by molar-refractivity contribution is 6.33. The largest absolute Gasteiger partial charge is 0.495 e. The van der Waals surface area contributed by atoms with E-state index in [0.29, 0.717) is 27.6 Å². The van der Waals surface area contributed by atoms with Crippen LogP contribution in [0.2, 0.25) is 5.02 Å². The monoisotopic (exact) mass is 423 g/mol. The summed E-state index contributed by atoms with van der Waals surface area (Å²) in [4.78, 5) is 20.4. The van der Waals surface area contributed by atoms with E-state index in [1.54, 1.807) is 30.3 Å². The maximum Gasteiger partial charge on any atom is 0.432 e. The minimum atomic E-state index is -4.62. The lowest BCUT2D eigenvalue weighted by atomic mass is 9.72. The lowest BCUT2D eigenvalue weighted by Gasteiger charge is -2.35. The maximum atomic E-state index is 13.0. The number of allylic oxidation sites excluding steroid dienone is 1. The molecule has 1 aliphatic rings. The fourth-order valence-electron chi connectivity index (χ4n) is 3.28. The molecule has 0 radical (unpaired) electrons. The van der Waals surface area contributed by atoms with Gasteiger partial charge in [-0.2, -0.15) is 13.2 Å². The second kappa shape index (κ2) is 7.51. The van der Waals surface area contributed by atoms with E-state index in [9.17, 15) is 18.0 Å². The number of dihydropyridines is 1. The molecule has 2 atom stereocenters. The van der Waals surface area contributed by atoms with Crippen molar-refractivity contribution in [3.05, 3.63) is 59.3 Å². The highest BCUT2D eigenvalue weighted by Gasteiger charge is 2.47. The summed E-state index contributed by atoms with van der Waals surface area (Å²) in [6, 6.07) is 7.00. The van der Waals surface area contributed by atoms with E-state index < -0.39 is 29.3 Å². The van der Waals surface area contributed by atoms with E-state index in [4.69, 9.17) is 22.1 Å². The van der Waals surface area contributed by atoms with Crippen molar-refractivity contribution in [3.63, 3.8) is 0 Å². The van der Waals surface area contributed by atoms with Gasteiger partial charge in [0.15, 0.2) is 0 Å². The number of ether oxygens (including phenoxy) is 1. The Labute approximate surface area is 170 Å². The van der Waals surface area contributed by atoms with Crippen molar-refractivity contribution in [3.8, 4) is 17.0 Å². The zero-order valence-corrected chi connectivity index (χ0v) is 16.3. The Morgan fingerprint density at radius 1 is 1.28 bits per heavy atom. The van der Waals surface area contributed by atoms with Crippen molar-refractivity contribution in [2.75, 3.05) is 7.11 Å². The number of halogens is 4. The number of amides is 1. The summed E-state index contributed by atoms with van der Waals surface area (Å²) in [6.07, 6.45) is -1.17. The van der Waals surface area contributed by atoms with Gasteiger partial charge in [-0.15, -0.1) is 0 Å². The van der Waals surface area contributed by atoms with Crippen LogP contribution in [-0.4, -0.2) is 35.9 Å². The lowest BCUT2D eigenvalue weighted by Crippen LogP contribution is -2.49. The number of nitrogens with zero attached hydrogens (tertiary/aromatic N) is 2. The SMILES string of the molecule is COc1ccc(-c2cc(C3(C(N)=O)C=CC(C(F)(F)F)=NC3C)ccc2Cl)nc1. The van der Waals surface area contributed by atoms with Crippen LogP contribution in [0.5, 0.6) is 5.75 Å². The quantitative estimate of drug-likeness (QED) is 0.804. The molecule has 2 N–H and O–H groups in total. The third kappa shape index (κ3) is 3.72. The Morgan fingerprint density at radius 2 is 2.00 bits per heavy atom. The van der Waals surface area contributed by atoms with Crippen molar-refractivity contribution in [2.45, 2.75) is 24.6 Å². The van der Waals surface area contributed by atoms with Crippen LogP contribution in [0.4, 0.5) is 13.2 Å². The Hall–Kier alpha value is -2.87. The van der Waals surface area contributed by atoms with Gasteiger partial charge in [-0.1, -0.05) is 23.7 Å². The van der Waals surface area contributed by atoms with Crippen LogP contribution in [0.15, 0.2) is 53.7 Å². The molecule has 0 saturated heterocycles. The molecular weight excluding hydrogens is 407 g/mol. The molecule has 2 unspecified atom stereocenters. The van der Waals surface area contributed by atoms with Crippen LogP contribution in [-0.2, 0) is 10.2 Å². The van der Waals surface area contributed by atoms with Crippen molar-refractivity contribution in [2.24, 2.45) is 10.7 Å². The number of alkyl halides is 3. The Bertz CT molecular complexity index is 1000. The summed E-state index contributed by atoms with van der Waals surface area (Å²) in [6.45, 7) is 1.42. The van der Waals surface area contributed by atoms with E-state index in [2.05, 4.69) is 9.98 Å². The second-order valence-corrected chi connectivity index (χ2v) is 6.94. The van der Waals surface area contributed by atoms with Gasteiger partial charge in [-0.3, -0.25) is 14.8 Å². The zero-order chi connectivity index (χ0) is 21.4. The van der Waals surface area contributed by atoms with Crippen LogP contribution in [0.3, 0.4) is 0 Å². The molecule has 1 aliphatic heterocycles. The summed E-state index contributed by atoms with van der Waals surface area (Å²) in [5.41, 5.74) is 4.39. The minimum absolute atomic E-state index is 0.359. The van der Waals surface area contributed by atoms with Crippen molar-refractivity contribution in [1.29, 1.82) is 0 Å². The summed E-state index contributed by atoms with van der Waals surface area (Å²) in [5.74, 6) is -0.269. The van der Waals surface area contributed by atoms with Crippen LogP contribution >= 0.6 is 11.6 Å². The third-order valence-electron chi connectivity index (χ3n) is 4.89. The Kier molecular flexibility index (Phi) is 5.40. The van der Waals surface area contributed by atoms with Gasteiger partial charge in [-0.25, -0.2) is 0 Å². The topological polar surface area (TPSA) is 77.6 Å². The van der Waals surface area contributed by atoms with Gasteiger partial charge in [0.1, 0.15) is 16.9 Å². The number of rotatable bonds is 4. The molecule has 2 aromatic rings. The van der Waals surface area contributed by atoms with Crippen molar-refractivity contribution in [1.82, 2.24) is 4.98 Å². The van der Waals surface area contributed by atoms with Crippen LogP contribution in [0.1, 0.15) is 12.5 Å². The highest BCUT2D eigenvalue weighted by atomic mass is 35.5. The number of hydrogen-bond acceptors (Lipinski definition) is 4. The number of nitrogens with two attached hydrogens (primary N) is 1. The molecule has 1 aromatic heterocycles. The molecule has 9 heteroatoms. The molecule has 29 heavy (non-hydrogen) atoms. The number of hydrogen-bond donors (Lipinski definition) is 1. The molecule has 152 valence electrons. The van der Waals surface area contributed by atoms with Gasteiger partial charge in [0.05, 0.1) is 25.0 Å². The molecule has 1 aromatic carbocycles. The predicted molar refractivity (Wildman–Crippen MR) is 104 cm³/mol. The fourth-order valence-corrected chi connectivity index (χ4v) is 3.49. The molecular formula is C20H17ClF3N3O2. The number of pyridine rings is 1. The molecule has 5 nitrogen and oxygen atoms in total. The minimum Gasteiger partial charge on any atom is -0.495 e. The maximum absolute atomic E-state index is 13.0. The van der Waals surface area contributed by atoms with Gasteiger partial charge >= 0.3 is 6.18 Å². The highest BCUT2D eigenvalue weighted by Crippen LogP contribution is 2.39. The Balaban J connectivity index is 2.12. The molecule has 1 amide bonds. The normalized spacial score (nSPS) is 21.6. The fraction of sp³-hybridized carbons (Fsp3) is 0.250. The summed E-state index contributed by atoms with van der Waals surface area (Å²) in [7, 11) is 1.51. The molecule has 0 bridgehead atoms. The van der Waals surface area contributed by atoms with Gasteiger partial charge in [-0.05, 0) is 42.8 Å².